The van der Waals surface area contributed by atoms with Gasteiger partial charge in [0.05, 0.1) is 0 Å². The molecule has 0 aliphatic heterocycles. The van der Waals surface area contributed by atoms with Crippen LogP contribution < -0.4 is 5.32 Å². The number of unbranched alkanes of at least 4 members (excludes halogenated alkanes) is 1. The van der Waals surface area contributed by atoms with Crippen LogP contribution in [0.3, 0.4) is 0 Å². The van der Waals surface area contributed by atoms with Crippen molar-refractivity contribution in [2.45, 2.75) is 58.9 Å². The van der Waals surface area contributed by atoms with Crippen molar-refractivity contribution in [3.63, 3.8) is 0 Å². The molecule has 20 heavy (non-hydrogen) atoms. The van der Waals surface area contributed by atoms with Crippen molar-refractivity contribution in [3.8, 4) is 0 Å². The Bertz CT molecular complexity index is 376. The number of hydrogen-bond acceptors (Lipinski definition) is 3. The smallest absolute Gasteiger partial charge is 0.125 e. The number of hydrogen-bond donors (Lipinski definition) is 1. The SMILES string of the molecule is CC(C)N(C)CCCCNc1ccc(C(C)(C)C)cn1. The zero-order chi connectivity index (χ0) is 15.2. The average Bonchev–Trinajstić information content (AvgIpc) is 2.37. The lowest BCUT2D eigenvalue weighted by atomic mass is 9.88. The summed E-state index contributed by atoms with van der Waals surface area (Å²) in [5.74, 6) is 0.982. The fourth-order valence-electron chi connectivity index (χ4n) is 1.90. The summed E-state index contributed by atoms with van der Waals surface area (Å²) < 4.78 is 0. The van der Waals surface area contributed by atoms with Gasteiger partial charge in [-0.25, -0.2) is 4.98 Å². The second-order valence-electron chi connectivity index (χ2n) is 6.89. The van der Waals surface area contributed by atoms with E-state index in [1.807, 2.05) is 6.20 Å². The van der Waals surface area contributed by atoms with Crippen molar-refractivity contribution < 1.29 is 0 Å². The molecule has 0 aromatic carbocycles. The van der Waals surface area contributed by atoms with Crippen LogP contribution in [-0.2, 0) is 5.41 Å². The van der Waals surface area contributed by atoms with Gasteiger partial charge in [0.25, 0.3) is 0 Å². The summed E-state index contributed by atoms with van der Waals surface area (Å²) >= 11 is 0. The number of pyridine rings is 1. The van der Waals surface area contributed by atoms with Gasteiger partial charge in [-0.3, -0.25) is 0 Å². The quantitative estimate of drug-likeness (QED) is 0.766. The predicted molar refractivity (Wildman–Crippen MR) is 88.4 cm³/mol. The molecule has 114 valence electrons. The Labute approximate surface area is 124 Å². The summed E-state index contributed by atoms with van der Waals surface area (Å²) in [7, 11) is 2.19. The molecule has 0 aliphatic rings. The van der Waals surface area contributed by atoms with Crippen LogP contribution in [0, 0.1) is 0 Å². The maximum Gasteiger partial charge on any atom is 0.125 e. The van der Waals surface area contributed by atoms with Gasteiger partial charge in [-0.2, -0.15) is 0 Å². The first kappa shape index (κ1) is 17.0. The molecular formula is C17H31N3. The van der Waals surface area contributed by atoms with Gasteiger partial charge in [0, 0.05) is 18.8 Å². The van der Waals surface area contributed by atoms with E-state index in [0.717, 1.165) is 18.9 Å². The fourth-order valence-corrected chi connectivity index (χ4v) is 1.90. The van der Waals surface area contributed by atoms with Gasteiger partial charge < -0.3 is 10.2 Å². The van der Waals surface area contributed by atoms with E-state index in [4.69, 9.17) is 0 Å². The molecule has 0 unspecified atom stereocenters. The topological polar surface area (TPSA) is 28.2 Å². The van der Waals surface area contributed by atoms with E-state index in [-0.39, 0.29) is 5.41 Å². The number of anilines is 1. The molecule has 3 nitrogen and oxygen atoms in total. The summed E-state index contributed by atoms with van der Waals surface area (Å²) in [5.41, 5.74) is 1.45. The second kappa shape index (κ2) is 7.63. The number of nitrogens with one attached hydrogen (secondary N) is 1. The number of rotatable bonds is 7. The van der Waals surface area contributed by atoms with Gasteiger partial charge in [0.15, 0.2) is 0 Å². The van der Waals surface area contributed by atoms with Crippen molar-refractivity contribution in [1.29, 1.82) is 0 Å². The van der Waals surface area contributed by atoms with E-state index in [1.54, 1.807) is 0 Å². The zero-order valence-corrected chi connectivity index (χ0v) is 14.0. The standard InChI is InChI=1S/C17H31N3/c1-14(2)20(6)12-8-7-11-18-16-10-9-15(13-19-16)17(3,4)5/h9-10,13-14H,7-8,11-12H2,1-6H3,(H,18,19). The first-order valence-electron chi connectivity index (χ1n) is 7.71. The molecule has 0 spiro atoms. The minimum Gasteiger partial charge on any atom is -0.370 e. The van der Waals surface area contributed by atoms with E-state index >= 15 is 0 Å². The monoisotopic (exact) mass is 277 g/mol. The van der Waals surface area contributed by atoms with Gasteiger partial charge in [0.1, 0.15) is 5.82 Å². The molecule has 1 aromatic heterocycles. The van der Waals surface area contributed by atoms with Gasteiger partial charge in [-0.1, -0.05) is 26.8 Å². The molecule has 3 heteroatoms. The highest BCUT2D eigenvalue weighted by atomic mass is 15.1. The molecule has 1 heterocycles. The largest absolute Gasteiger partial charge is 0.370 e. The fraction of sp³-hybridized carbons (Fsp3) is 0.706. The van der Waals surface area contributed by atoms with Crippen molar-refractivity contribution in [2.75, 3.05) is 25.5 Å². The van der Waals surface area contributed by atoms with Gasteiger partial charge >= 0.3 is 0 Å². The van der Waals surface area contributed by atoms with Crippen molar-refractivity contribution in [1.82, 2.24) is 9.88 Å². The summed E-state index contributed by atoms with van der Waals surface area (Å²) in [6.07, 6.45) is 4.39. The molecule has 0 aliphatic carbocycles. The lowest BCUT2D eigenvalue weighted by Crippen LogP contribution is -2.27. The van der Waals surface area contributed by atoms with Gasteiger partial charge in [-0.05, 0) is 57.3 Å². The lowest BCUT2D eigenvalue weighted by Gasteiger charge is -2.20. The third-order valence-corrected chi connectivity index (χ3v) is 3.75. The Hall–Kier alpha value is -1.09. The molecule has 0 saturated carbocycles. The minimum atomic E-state index is 0.174. The molecular weight excluding hydrogens is 246 g/mol. The van der Waals surface area contributed by atoms with Crippen LogP contribution in [0.5, 0.6) is 0 Å². The minimum absolute atomic E-state index is 0.174. The third kappa shape index (κ3) is 5.91. The molecule has 0 fully saturated rings. The van der Waals surface area contributed by atoms with Crippen LogP contribution in [0.1, 0.15) is 53.0 Å². The molecule has 0 atom stereocenters. The highest BCUT2D eigenvalue weighted by molar-refractivity contribution is 5.36. The van der Waals surface area contributed by atoms with E-state index in [1.165, 1.54) is 18.4 Å². The first-order valence-corrected chi connectivity index (χ1v) is 7.71. The maximum atomic E-state index is 4.48. The molecule has 1 N–H and O–H groups in total. The molecule has 0 amide bonds. The van der Waals surface area contributed by atoms with Crippen LogP contribution in [-0.4, -0.2) is 36.1 Å². The van der Waals surface area contributed by atoms with Crippen LogP contribution in [0.4, 0.5) is 5.82 Å². The Morgan fingerprint density at radius 3 is 2.40 bits per heavy atom. The summed E-state index contributed by atoms with van der Waals surface area (Å²) in [6, 6.07) is 4.89. The maximum absolute atomic E-state index is 4.48. The Morgan fingerprint density at radius 2 is 1.90 bits per heavy atom. The normalized spacial score (nSPS) is 12.2. The van der Waals surface area contributed by atoms with E-state index in [0.29, 0.717) is 6.04 Å². The van der Waals surface area contributed by atoms with Crippen molar-refractivity contribution in [3.05, 3.63) is 23.9 Å². The van der Waals surface area contributed by atoms with Crippen LogP contribution in [0.25, 0.3) is 0 Å². The summed E-state index contributed by atoms with van der Waals surface area (Å²) in [5, 5.41) is 3.40. The average molecular weight is 277 g/mol. The zero-order valence-electron chi connectivity index (χ0n) is 14.0. The van der Waals surface area contributed by atoms with E-state index in [2.05, 4.69) is 69.0 Å². The molecule has 1 aromatic rings. The van der Waals surface area contributed by atoms with Crippen LogP contribution >= 0.6 is 0 Å². The molecule has 0 bridgehead atoms. The number of aromatic nitrogens is 1. The van der Waals surface area contributed by atoms with E-state index < -0.39 is 0 Å². The van der Waals surface area contributed by atoms with Crippen molar-refractivity contribution in [2.24, 2.45) is 0 Å². The molecule has 0 radical (unpaired) electrons. The third-order valence-electron chi connectivity index (χ3n) is 3.75. The second-order valence-corrected chi connectivity index (χ2v) is 6.89. The highest BCUT2D eigenvalue weighted by Gasteiger charge is 2.13. The van der Waals surface area contributed by atoms with Gasteiger partial charge in [0.2, 0.25) is 0 Å². The Balaban J connectivity index is 2.26. The molecule has 0 saturated heterocycles. The Kier molecular flexibility index (Phi) is 6.47. The summed E-state index contributed by atoms with van der Waals surface area (Å²) in [6.45, 7) is 13.3. The number of nitrogens with zero attached hydrogens (tertiary/aromatic N) is 2. The Morgan fingerprint density at radius 1 is 1.20 bits per heavy atom. The van der Waals surface area contributed by atoms with Crippen molar-refractivity contribution >= 4 is 5.82 Å². The van der Waals surface area contributed by atoms with Crippen LogP contribution in [0.15, 0.2) is 18.3 Å². The van der Waals surface area contributed by atoms with Gasteiger partial charge in [-0.15, -0.1) is 0 Å². The highest BCUT2D eigenvalue weighted by Crippen LogP contribution is 2.21. The first-order chi connectivity index (χ1) is 9.30. The lowest BCUT2D eigenvalue weighted by molar-refractivity contribution is 0.269. The predicted octanol–water partition coefficient (Wildman–Crippen LogP) is 3.91. The van der Waals surface area contributed by atoms with Crippen LogP contribution in [0.2, 0.25) is 0 Å². The summed E-state index contributed by atoms with van der Waals surface area (Å²) in [4.78, 5) is 6.87. The van der Waals surface area contributed by atoms with E-state index in [9.17, 15) is 0 Å². The molecule has 1 rings (SSSR count).